The molecule has 0 radical (unpaired) electrons. The van der Waals surface area contributed by atoms with Crippen molar-refractivity contribution in [1.29, 1.82) is 0 Å². The molecule has 8 nitrogen and oxygen atoms in total. The standard InChI is InChI=1S/C29H34N4O4S/c1-19(2)36-28(35)26-20(3)31-29-33(22(18-38-29)17-25(34)30-14-15-32(4)5)27(26)21-10-9-13-24(16-21)37-23-11-7-6-8-12-23/h6-13,16,18-19,27H,14-15,17H2,1-5H3,(H,30,34)/t27-/m1/s1. The molecule has 200 valence electrons. The molecule has 1 N–H and O–H groups in total. The van der Waals surface area contributed by atoms with Gasteiger partial charge in [0.2, 0.25) is 5.91 Å². The number of amides is 1. The average Bonchev–Trinajstić information content (AvgIpc) is 3.25. The summed E-state index contributed by atoms with van der Waals surface area (Å²) in [4.78, 5) is 34.9. The van der Waals surface area contributed by atoms with Crippen molar-refractivity contribution < 1.29 is 19.1 Å². The summed E-state index contributed by atoms with van der Waals surface area (Å²) in [5, 5.41) is 5.63. The molecule has 2 aliphatic rings. The van der Waals surface area contributed by atoms with Crippen LogP contribution in [-0.2, 0) is 14.3 Å². The fourth-order valence-corrected chi connectivity index (χ4v) is 5.21. The lowest BCUT2D eigenvalue weighted by molar-refractivity contribution is -0.143. The largest absolute Gasteiger partial charge is 0.459 e. The molecule has 0 spiro atoms. The normalized spacial score (nSPS) is 16.8. The summed E-state index contributed by atoms with van der Waals surface area (Å²) < 4.78 is 11.7. The number of esters is 1. The number of thioether (sulfide) groups is 1. The lowest BCUT2D eigenvalue weighted by Gasteiger charge is -2.36. The van der Waals surface area contributed by atoms with Crippen molar-refractivity contribution in [2.45, 2.75) is 39.3 Å². The Morgan fingerprint density at radius 1 is 1.11 bits per heavy atom. The van der Waals surface area contributed by atoms with Gasteiger partial charge in [-0.2, -0.15) is 0 Å². The maximum absolute atomic E-state index is 13.4. The Morgan fingerprint density at radius 2 is 1.84 bits per heavy atom. The van der Waals surface area contributed by atoms with Crippen LogP contribution in [0, 0.1) is 0 Å². The first kappa shape index (κ1) is 27.5. The molecule has 0 fully saturated rings. The zero-order valence-electron chi connectivity index (χ0n) is 22.4. The van der Waals surface area contributed by atoms with E-state index in [1.54, 1.807) is 0 Å². The SMILES string of the molecule is CC1=C(C(=O)OC(C)C)[C@@H](c2cccc(Oc3ccccc3)c2)N2C(CC(=O)NCCN(C)C)=CSC2=N1. The number of para-hydroxylation sites is 1. The summed E-state index contributed by atoms with van der Waals surface area (Å²) in [6.45, 7) is 6.78. The van der Waals surface area contributed by atoms with E-state index >= 15 is 0 Å². The van der Waals surface area contributed by atoms with Crippen molar-refractivity contribution in [1.82, 2.24) is 15.1 Å². The molecule has 2 aliphatic heterocycles. The molecule has 2 heterocycles. The monoisotopic (exact) mass is 534 g/mol. The lowest BCUT2D eigenvalue weighted by atomic mass is 9.93. The number of nitrogens with one attached hydrogen (secondary N) is 1. The Morgan fingerprint density at radius 3 is 2.55 bits per heavy atom. The van der Waals surface area contributed by atoms with E-state index in [9.17, 15) is 9.59 Å². The van der Waals surface area contributed by atoms with E-state index in [1.165, 1.54) is 11.8 Å². The molecule has 4 rings (SSSR count). The number of ether oxygens (including phenoxy) is 2. The second-order valence-electron chi connectivity index (χ2n) is 9.66. The van der Waals surface area contributed by atoms with E-state index < -0.39 is 12.0 Å². The van der Waals surface area contributed by atoms with E-state index in [2.05, 4.69) is 5.32 Å². The van der Waals surface area contributed by atoms with Gasteiger partial charge >= 0.3 is 5.97 Å². The minimum Gasteiger partial charge on any atom is -0.459 e. The molecule has 38 heavy (non-hydrogen) atoms. The predicted octanol–water partition coefficient (Wildman–Crippen LogP) is 5.07. The molecule has 1 amide bonds. The first-order valence-corrected chi connectivity index (χ1v) is 13.5. The number of rotatable bonds is 10. The number of hydrogen-bond acceptors (Lipinski definition) is 8. The van der Waals surface area contributed by atoms with Gasteiger partial charge in [-0.25, -0.2) is 9.79 Å². The quantitative estimate of drug-likeness (QED) is 0.426. The smallest absolute Gasteiger partial charge is 0.338 e. The van der Waals surface area contributed by atoms with Crippen LogP contribution >= 0.6 is 11.8 Å². The molecular formula is C29H34N4O4S. The highest BCUT2D eigenvalue weighted by Gasteiger charge is 2.41. The third-order valence-corrected chi connectivity index (χ3v) is 6.83. The molecule has 0 unspecified atom stereocenters. The van der Waals surface area contributed by atoms with Crippen LogP contribution in [0.1, 0.15) is 38.8 Å². The highest BCUT2D eigenvalue weighted by atomic mass is 32.2. The lowest BCUT2D eigenvalue weighted by Crippen LogP contribution is -2.39. The van der Waals surface area contributed by atoms with Crippen molar-refractivity contribution >= 4 is 28.8 Å². The first-order chi connectivity index (χ1) is 18.2. The van der Waals surface area contributed by atoms with Gasteiger partial charge in [-0.3, -0.25) is 4.79 Å². The molecule has 0 aromatic heterocycles. The number of carbonyl (C=O) groups is 2. The average molecular weight is 535 g/mol. The zero-order valence-corrected chi connectivity index (χ0v) is 23.2. The highest BCUT2D eigenvalue weighted by molar-refractivity contribution is 8.16. The topological polar surface area (TPSA) is 83.5 Å². The number of hydrogen-bond donors (Lipinski definition) is 1. The summed E-state index contributed by atoms with van der Waals surface area (Å²) in [6.07, 6.45) is -0.117. The molecule has 9 heteroatoms. The number of amidine groups is 1. The maximum atomic E-state index is 13.4. The molecule has 0 saturated heterocycles. The van der Waals surface area contributed by atoms with Crippen molar-refractivity contribution in [2.24, 2.45) is 4.99 Å². The zero-order chi connectivity index (χ0) is 27.2. The van der Waals surface area contributed by atoms with E-state index in [1.807, 2.05) is 105 Å². The number of fused-ring (bicyclic) bond motifs is 1. The van der Waals surface area contributed by atoms with Crippen LogP contribution < -0.4 is 10.1 Å². The van der Waals surface area contributed by atoms with Gasteiger partial charge in [0.1, 0.15) is 11.5 Å². The van der Waals surface area contributed by atoms with Crippen LogP contribution in [0.3, 0.4) is 0 Å². The first-order valence-electron chi connectivity index (χ1n) is 12.6. The van der Waals surface area contributed by atoms with Gasteiger partial charge in [-0.05, 0) is 70.1 Å². The predicted molar refractivity (Wildman–Crippen MR) is 151 cm³/mol. The van der Waals surface area contributed by atoms with Gasteiger partial charge in [-0.15, -0.1) is 0 Å². The van der Waals surface area contributed by atoms with Crippen LogP contribution in [0.15, 0.2) is 82.0 Å². The number of aliphatic imine (C=N–C) groups is 1. The molecule has 2 aromatic rings. The Kier molecular flexibility index (Phi) is 8.91. The molecule has 1 atom stereocenters. The van der Waals surface area contributed by atoms with E-state index in [-0.39, 0.29) is 18.4 Å². The Bertz CT molecular complexity index is 1270. The van der Waals surface area contributed by atoms with Crippen molar-refractivity contribution in [3.05, 3.63) is 82.5 Å². The molecule has 0 aliphatic carbocycles. The van der Waals surface area contributed by atoms with Gasteiger partial charge < -0.3 is 24.6 Å². The van der Waals surface area contributed by atoms with Gasteiger partial charge in [0.25, 0.3) is 0 Å². The van der Waals surface area contributed by atoms with Crippen LogP contribution in [0.2, 0.25) is 0 Å². The molecule has 0 bridgehead atoms. The second-order valence-corrected chi connectivity index (χ2v) is 10.5. The van der Waals surface area contributed by atoms with Gasteiger partial charge in [0.15, 0.2) is 5.17 Å². The molecular weight excluding hydrogens is 500 g/mol. The minimum atomic E-state index is -0.524. The number of benzene rings is 2. The van der Waals surface area contributed by atoms with Crippen LogP contribution in [0.5, 0.6) is 11.5 Å². The van der Waals surface area contributed by atoms with E-state index in [0.717, 1.165) is 23.0 Å². The van der Waals surface area contributed by atoms with Gasteiger partial charge in [0, 0.05) is 18.8 Å². The number of likely N-dealkylation sites (N-methyl/N-ethyl adjacent to an activating group) is 1. The number of carbonyl (C=O) groups excluding carboxylic acids is 2. The van der Waals surface area contributed by atoms with Gasteiger partial charge in [-0.1, -0.05) is 42.1 Å². The Hall–Kier alpha value is -3.56. The molecule has 0 saturated carbocycles. The van der Waals surface area contributed by atoms with Gasteiger partial charge in [0.05, 0.1) is 29.8 Å². The Balaban J connectivity index is 1.68. The van der Waals surface area contributed by atoms with Crippen LogP contribution in [0.25, 0.3) is 0 Å². The summed E-state index contributed by atoms with van der Waals surface area (Å²) in [5.74, 6) is 0.850. The second kappa shape index (κ2) is 12.3. The van der Waals surface area contributed by atoms with Crippen molar-refractivity contribution in [3.8, 4) is 11.5 Å². The Labute approximate surface area is 228 Å². The number of allylic oxidation sites excluding steroid dienone is 1. The summed E-state index contributed by atoms with van der Waals surface area (Å²) in [5.41, 5.74) is 2.65. The fraction of sp³-hybridized carbons (Fsp3) is 0.345. The van der Waals surface area contributed by atoms with E-state index in [0.29, 0.717) is 29.3 Å². The minimum absolute atomic E-state index is 0.0857. The summed E-state index contributed by atoms with van der Waals surface area (Å²) >= 11 is 1.45. The third kappa shape index (κ3) is 6.65. The number of nitrogens with zero attached hydrogens (tertiary/aromatic N) is 3. The van der Waals surface area contributed by atoms with Crippen LogP contribution in [-0.4, -0.2) is 60.1 Å². The van der Waals surface area contributed by atoms with Crippen molar-refractivity contribution in [3.63, 3.8) is 0 Å². The van der Waals surface area contributed by atoms with Crippen molar-refractivity contribution in [2.75, 3.05) is 27.2 Å². The third-order valence-electron chi connectivity index (χ3n) is 5.94. The van der Waals surface area contributed by atoms with E-state index in [4.69, 9.17) is 14.5 Å². The summed E-state index contributed by atoms with van der Waals surface area (Å²) in [6, 6.07) is 16.7. The highest BCUT2D eigenvalue weighted by Crippen LogP contribution is 2.45. The molecule has 2 aromatic carbocycles. The maximum Gasteiger partial charge on any atom is 0.338 e. The summed E-state index contributed by atoms with van der Waals surface area (Å²) in [7, 11) is 3.93. The fourth-order valence-electron chi connectivity index (χ4n) is 4.24. The van der Waals surface area contributed by atoms with Crippen LogP contribution in [0.4, 0.5) is 0 Å².